The lowest BCUT2D eigenvalue weighted by Gasteiger charge is -2.37. The van der Waals surface area contributed by atoms with Crippen molar-refractivity contribution in [3.05, 3.63) is 0 Å². The van der Waals surface area contributed by atoms with Gasteiger partial charge >= 0.3 is 0 Å². The minimum absolute atomic E-state index is 0.155. The molecule has 0 aromatic rings. The van der Waals surface area contributed by atoms with E-state index in [4.69, 9.17) is 4.74 Å². The predicted octanol–water partition coefficient (Wildman–Crippen LogP) is -0.157. The summed E-state index contributed by atoms with van der Waals surface area (Å²) < 4.78 is 5.38. The Hall–Kier alpha value is -0.610. The molecule has 0 radical (unpaired) electrons. The highest BCUT2D eigenvalue weighted by atomic mass is 16.5. The smallest absolute Gasteiger partial charge is 0.248 e. The van der Waals surface area contributed by atoms with Crippen LogP contribution < -0.4 is 5.32 Å². The maximum atomic E-state index is 11.7. The van der Waals surface area contributed by atoms with E-state index in [1.807, 2.05) is 11.8 Å². The molecule has 0 aromatic carbocycles. The van der Waals surface area contributed by atoms with Gasteiger partial charge in [0.05, 0.1) is 6.61 Å². The van der Waals surface area contributed by atoms with E-state index in [1.54, 1.807) is 0 Å². The molecule has 1 amide bonds. The molecule has 4 heteroatoms. The van der Waals surface area contributed by atoms with E-state index in [0.717, 1.165) is 32.7 Å². The second-order valence-electron chi connectivity index (χ2n) is 4.02. The average Bonchev–Trinajstić information content (AvgIpc) is 2.36. The second kappa shape index (κ2) is 4.28. The molecule has 80 valence electrons. The standard InChI is InChI=1S/C10H18N2O2/c1-2-12-9-3-4-11-5-8(9)6-14-7-10(12)13/h8-9,11H,2-7H2,1H3/t8-,9+/m0/s1. The van der Waals surface area contributed by atoms with E-state index in [0.29, 0.717) is 12.0 Å². The maximum Gasteiger partial charge on any atom is 0.248 e. The van der Waals surface area contributed by atoms with Crippen LogP contribution in [0.4, 0.5) is 0 Å². The average molecular weight is 198 g/mol. The Balaban J connectivity index is 2.13. The highest BCUT2D eigenvalue weighted by molar-refractivity contribution is 5.78. The zero-order valence-electron chi connectivity index (χ0n) is 8.66. The first-order chi connectivity index (χ1) is 6.83. The number of carbonyl (C=O) groups excluding carboxylic acids is 1. The van der Waals surface area contributed by atoms with Gasteiger partial charge < -0.3 is 15.0 Å². The van der Waals surface area contributed by atoms with Crippen molar-refractivity contribution in [3.63, 3.8) is 0 Å². The molecule has 1 N–H and O–H groups in total. The summed E-state index contributed by atoms with van der Waals surface area (Å²) in [4.78, 5) is 13.7. The molecule has 2 fully saturated rings. The molecular formula is C10H18N2O2. The summed E-state index contributed by atoms with van der Waals surface area (Å²) in [6, 6.07) is 0.399. The van der Waals surface area contributed by atoms with Gasteiger partial charge in [-0.05, 0) is 19.9 Å². The number of piperidine rings is 1. The van der Waals surface area contributed by atoms with E-state index in [9.17, 15) is 4.79 Å². The summed E-state index contributed by atoms with van der Waals surface area (Å²) in [6.07, 6.45) is 1.06. The molecule has 2 aliphatic rings. The van der Waals surface area contributed by atoms with Crippen LogP contribution in [-0.2, 0) is 9.53 Å². The molecular weight excluding hydrogens is 180 g/mol. The third-order valence-electron chi connectivity index (χ3n) is 3.19. The van der Waals surface area contributed by atoms with Gasteiger partial charge in [-0.1, -0.05) is 0 Å². The van der Waals surface area contributed by atoms with Crippen molar-refractivity contribution >= 4 is 5.91 Å². The zero-order valence-corrected chi connectivity index (χ0v) is 8.66. The Kier molecular flexibility index (Phi) is 3.03. The molecule has 0 saturated carbocycles. The predicted molar refractivity (Wildman–Crippen MR) is 53.0 cm³/mol. The normalized spacial score (nSPS) is 33.8. The molecule has 0 unspecified atom stereocenters. The van der Waals surface area contributed by atoms with E-state index in [1.165, 1.54) is 0 Å². The minimum atomic E-state index is 0.155. The Morgan fingerprint density at radius 1 is 1.64 bits per heavy atom. The van der Waals surface area contributed by atoms with Gasteiger partial charge in [0.1, 0.15) is 6.61 Å². The number of nitrogens with zero attached hydrogens (tertiary/aromatic N) is 1. The number of nitrogens with one attached hydrogen (secondary N) is 1. The first-order valence-electron chi connectivity index (χ1n) is 5.41. The van der Waals surface area contributed by atoms with Crippen LogP contribution in [0.1, 0.15) is 13.3 Å². The number of ether oxygens (including phenoxy) is 1. The zero-order chi connectivity index (χ0) is 9.97. The fourth-order valence-electron chi connectivity index (χ4n) is 2.47. The Morgan fingerprint density at radius 3 is 3.29 bits per heavy atom. The van der Waals surface area contributed by atoms with Gasteiger partial charge in [0.15, 0.2) is 0 Å². The first kappa shape index (κ1) is 9.93. The monoisotopic (exact) mass is 198 g/mol. The molecule has 2 saturated heterocycles. The van der Waals surface area contributed by atoms with Crippen LogP contribution in [0.25, 0.3) is 0 Å². The van der Waals surface area contributed by atoms with E-state index in [2.05, 4.69) is 5.32 Å². The van der Waals surface area contributed by atoms with Crippen LogP contribution in [0.15, 0.2) is 0 Å². The van der Waals surface area contributed by atoms with Crippen LogP contribution in [0.2, 0.25) is 0 Å². The lowest BCUT2D eigenvalue weighted by atomic mass is 9.93. The molecule has 2 rings (SSSR count). The molecule has 0 bridgehead atoms. The van der Waals surface area contributed by atoms with Gasteiger partial charge in [0, 0.05) is 25.0 Å². The van der Waals surface area contributed by atoms with Crippen molar-refractivity contribution in [2.75, 3.05) is 32.8 Å². The summed E-state index contributed by atoms with van der Waals surface area (Å²) in [7, 11) is 0. The quantitative estimate of drug-likeness (QED) is 0.637. The molecule has 2 aliphatic heterocycles. The number of fused-ring (bicyclic) bond motifs is 1. The molecule has 2 atom stereocenters. The number of rotatable bonds is 1. The van der Waals surface area contributed by atoms with Crippen molar-refractivity contribution in [2.24, 2.45) is 5.92 Å². The lowest BCUT2D eigenvalue weighted by Crippen LogP contribution is -2.51. The Morgan fingerprint density at radius 2 is 2.50 bits per heavy atom. The lowest BCUT2D eigenvalue weighted by molar-refractivity contribution is -0.135. The number of hydrogen-bond acceptors (Lipinski definition) is 3. The largest absolute Gasteiger partial charge is 0.371 e. The highest BCUT2D eigenvalue weighted by Gasteiger charge is 2.34. The maximum absolute atomic E-state index is 11.7. The van der Waals surface area contributed by atoms with Gasteiger partial charge in [-0.3, -0.25) is 4.79 Å². The van der Waals surface area contributed by atoms with Crippen LogP contribution in [0.3, 0.4) is 0 Å². The fraction of sp³-hybridized carbons (Fsp3) is 0.900. The van der Waals surface area contributed by atoms with Gasteiger partial charge in [-0.15, -0.1) is 0 Å². The van der Waals surface area contributed by atoms with Gasteiger partial charge in [0.2, 0.25) is 5.91 Å². The first-order valence-corrected chi connectivity index (χ1v) is 5.41. The molecule has 0 aliphatic carbocycles. The minimum Gasteiger partial charge on any atom is -0.371 e. The topological polar surface area (TPSA) is 41.6 Å². The van der Waals surface area contributed by atoms with Crippen molar-refractivity contribution in [2.45, 2.75) is 19.4 Å². The fourth-order valence-corrected chi connectivity index (χ4v) is 2.47. The number of amides is 1. The number of likely N-dealkylation sites (N-methyl/N-ethyl adjacent to an activating group) is 1. The molecule has 14 heavy (non-hydrogen) atoms. The third kappa shape index (κ3) is 1.77. The van der Waals surface area contributed by atoms with Gasteiger partial charge in [-0.25, -0.2) is 0 Å². The van der Waals surface area contributed by atoms with Crippen molar-refractivity contribution in [1.29, 1.82) is 0 Å². The Labute approximate surface area is 84.6 Å². The molecule has 4 nitrogen and oxygen atoms in total. The second-order valence-corrected chi connectivity index (χ2v) is 4.02. The van der Waals surface area contributed by atoms with Gasteiger partial charge in [-0.2, -0.15) is 0 Å². The summed E-state index contributed by atoms with van der Waals surface area (Å²) >= 11 is 0. The number of carbonyl (C=O) groups is 1. The number of hydrogen-bond donors (Lipinski definition) is 1. The van der Waals surface area contributed by atoms with Crippen molar-refractivity contribution in [1.82, 2.24) is 10.2 Å². The summed E-state index contributed by atoms with van der Waals surface area (Å²) in [5, 5.41) is 3.35. The van der Waals surface area contributed by atoms with Crippen LogP contribution in [-0.4, -0.2) is 49.7 Å². The van der Waals surface area contributed by atoms with Crippen LogP contribution in [0.5, 0.6) is 0 Å². The van der Waals surface area contributed by atoms with Crippen molar-refractivity contribution < 1.29 is 9.53 Å². The van der Waals surface area contributed by atoms with Gasteiger partial charge in [0.25, 0.3) is 0 Å². The molecule has 0 spiro atoms. The Bertz CT molecular complexity index is 220. The van der Waals surface area contributed by atoms with Crippen LogP contribution >= 0.6 is 0 Å². The SMILES string of the molecule is CCN1C(=O)COC[C@@H]2CNCC[C@H]21. The summed E-state index contributed by atoms with van der Waals surface area (Å²) in [6.45, 7) is 5.84. The van der Waals surface area contributed by atoms with E-state index >= 15 is 0 Å². The van der Waals surface area contributed by atoms with Crippen LogP contribution in [0, 0.1) is 5.92 Å². The molecule has 0 aromatic heterocycles. The third-order valence-corrected chi connectivity index (χ3v) is 3.19. The molecule has 2 heterocycles. The van der Waals surface area contributed by atoms with E-state index < -0.39 is 0 Å². The van der Waals surface area contributed by atoms with Crippen molar-refractivity contribution in [3.8, 4) is 0 Å². The van der Waals surface area contributed by atoms with E-state index in [-0.39, 0.29) is 12.5 Å². The highest BCUT2D eigenvalue weighted by Crippen LogP contribution is 2.21. The summed E-state index contributed by atoms with van der Waals surface area (Å²) in [5.41, 5.74) is 0. The summed E-state index contributed by atoms with van der Waals surface area (Å²) in [5.74, 6) is 0.636.